The molecular weight excluding hydrogens is 357 g/mol. The van der Waals surface area contributed by atoms with E-state index >= 15 is 0 Å². The van der Waals surface area contributed by atoms with Crippen LogP contribution in [0.3, 0.4) is 0 Å². The number of aromatic hydroxyl groups is 2. The van der Waals surface area contributed by atoms with Gasteiger partial charge in [0.15, 0.2) is 11.5 Å². The lowest BCUT2D eigenvalue weighted by molar-refractivity contribution is 0.475. The van der Waals surface area contributed by atoms with Crippen molar-refractivity contribution in [3.05, 3.63) is 56.5 Å². The number of para-hydroxylation sites is 2. The van der Waals surface area contributed by atoms with E-state index in [-0.39, 0.29) is 31.6 Å². The molecule has 0 heterocycles. The Labute approximate surface area is 146 Å². The fourth-order valence-electron chi connectivity index (χ4n) is 0.978. The summed E-state index contributed by atoms with van der Waals surface area (Å²) in [6, 6.07) is 9.63. The van der Waals surface area contributed by atoms with E-state index in [1.807, 2.05) is 5.79 Å². The van der Waals surface area contributed by atoms with E-state index in [2.05, 4.69) is 16.3 Å². The molecule has 106 valence electrons. The van der Waals surface area contributed by atoms with Gasteiger partial charge in [-0.1, -0.05) is 58.5 Å². The summed E-state index contributed by atoms with van der Waals surface area (Å²) in [4.78, 5) is 0. The Kier molecular flexibility index (Phi) is 10.3. The molecule has 2 aromatic rings. The third kappa shape index (κ3) is 6.46. The molecule has 0 atom stereocenters. The Morgan fingerprint density at radius 2 is 0.850 bits per heavy atom. The van der Waals surface area contributed by atoms with Crippen molar-refractivity contribution in [3.8, 4) is 11.5 Å². The smallest absolute Gasteiger partial charge is 0.152 e. The molecule has 0 aliphatic heterocycles. The number of rotatable bonds is 0. The highest BCUT2D eigenvalue weighted by Crippen LogP contribution is 2.30. The van der Waals surface area contributed by atoms with Crippen molar-refractivity contribution in [2.45, 2.75) is 5.79 Å². The van der Waals surface area contributed by atoms with Crippen LogP contribution in [0.4, 0.5) is 0 Å². The lowest BCUT2D eigenvalue weighted by Crippen LogP contribution is -1.67. The summed E-state index contributed by atoms with van der Waals surface area (Å²) in [5.74, 6) is 1.81. The molecule has 0 fully saturated rings. The highest BCUT2D eigenvalue weighted by atomic mass is 35.5. The maximum absolute atomic E-state index is 8.94. The Balaban J connectivity index is 0.000000321. The summed E-state index contributed by atoms with van der Waals surface area (Å²) in [5, 5.41) is 19.0. The van der Waals surface area contributed by atoms with E-state index in [1.165, 1.54) is 0 Å². The van der Waals surface area contributed by atoms with Crippen molar-refractivity contribution in [1.82, 2.24) is 0 Å². The normalized spacial score (nSPS) is 8.85. The number of hydrogen-bond acceptors (Lipinski definition) is 2. The van der Waals surface area contributed by atoms with Crippen LogP contribution in [0, 0.1) is 0 Å². The second-order valence-electron chi connectivity index (χ2n) is 3.14. The molecule has 0 spiro atoms. The summed E-state index contributed by atoms with van der Waals surface area (Å²) in [6.45, 7) is 0. The van der Waals surface area contributed by atoms with Crippen LogP contribution < -0.4 is 0 Å². The van der Waals surface area contributed by atoms with Crippen molar-refractivity contribution in [2.24, 2.45) is 0 Å². The molecule has 0 saturated carbocycles. The van der Waals surface area contributed by atoms with Crippen molar-refractivity contribution in [3.63, 3.8) is 0 Å². The molecule has 2 N–H and O–H groups in total. The lowest BCUT2D eigenvalue weighted by atomic mass is 10.3. The molecular formula is C13H11AlCl4O2. The van der Waals surface area contributed by atoms with E-state index in [0.717, 1.165) is 0 Å². The molecule has 2 radical (unpaired) electrons. The van der Waals surface area contributed by atoms with Crippen LogP contribution >= 0.6 is 46.4 Å². The fraction of sp³-hybridized carbons (Fsp3) is 0.0769. The van der Waals surface area contributed by atoms with Gasteiger partial charge >= 0.3 is 0 Å². The van der Waals surface area contributed by atoms with Crippen molar-refractivity contribution >= 4 is 62.7 Å². The zero-order chi connectivity index (χ0) is 15.7. The van der Waals surface area contributed by atoms with E-state index in [9.17, 15) is 0 Å². The summed E-state index contributed by atoms with van der Waals surface area (Å²) in [6.07, 6.45) is 0. The molecule has 0 saturated heterocycles. The van der Waals surface area contributed by atoms with Gasteiger partial charge in [-0.25, -0.2) is 0 Å². The van der Waals surface area contributed by atoms with Crippen LogP contribution in [-0.4, -0.2) is 26.5 Å². The van der Waals surface area contributed by atoms with Gasteiger partial charge in [0.1, 0.15) is 16.3 Å². The Bertz CT molecular complexity index is 460. The molecule has 2 rings (SSSR count). The minimum Gasteiger partial charge on any atom is -0.505 e. The average molecular weight is 368 g/mol. The Morgan fingerprint density at radius 3 is 1.00 bits per heavy atom. The van der Waals surface area contributed by atoms with Crippen molar-refractivity contribution in [1.29, 1.82) is 0 Å². The number of halogens is 4. The standard InChI is InChI=1S/2C6H4Cl2O.CH3.Al/c2*7-4-2-1-3-5(8)6(4)9;;/h2*1-3,9H;1H3;. The molecule has 0 aliphatic carbocycles. The van der Waals surface area contributed by atoms with Gasteiger partial charge in [-0.3, -0.25) is 0 Å². The molecule has 20 heavy (non-hydrogen) atoms. The van der Waals surface area contributed by atoms with Gasteiger partial charge in [-0.15, -0.1) is 5.79 Å². The largest absolute Gasteiger partial charge is 0.505 e. The Morgan fingerprint density at radius 1 is 0.650 bits per heavy atom. The number of benzene rings is 2. The fourth-order valence-corrected chi connectivity index (χ4v) is 1.77. The minimum atomic E-state index is -0.0548. The monoisotopic (exact) mass is 366 g/mol. The summed E-state index contributed by atoms with van der Waals surface area (Å²) in [5.41, 5.74) is 0. The highest BCUT2D eigenvalue weighted by molar-refractivity contribution is 6.37. The molecule has 2 aromatic carbocycles. The van der Waals surface area contributed by atoms with Crippen LogP contribution in [0.15, 0.2) is 36.4 Å². The van der Waals surface area contributed by atoms with Crippen LogP contribution in [0.5, 0.6) is 11.5 Å². The highest BCUT2D eigenvalue weighted by Gasteiger charge is 2.00. The van der Waals surface area contributed by atoms with E-state index < -0.39 is 0 Å². The molecule has 0 bridgehead atoms. The van der Waals surface area contributed by atoms with Gasteiger partial charge in [0, 0.05) is 0 Å². The average Bonchev–Trinajstić information content (AvgIpc) is 2.45. The lowest BCUT2D eigenvalue weighted by Gasteiger charge is -1.95. The molecule has 0 amide bonds. The van der Waals surface area contributed by atoms with Crippen LogP contribution in [-0.2, 0) is 0 Å². The molecule has 7 heteroatoms. The quantitative estimate of drug-likeness (QED) is 0.595. The second-order valence-corrected chi connectivity index (χ2v) is 4.77. The SMILES string of the molecule is Oc1c(Cl)cccc1Cl.Oc1c(Cl)cccc1Cl.[CH3][Al]. The number of phenolic OH excluding ortho intramolecular Hbond substituents is 2. The van der Waals surface area contributed by atoms with E-state index in [0.29, 0.717) is 0 Å². The zero-order valence-corrected chi connectivity index (χ0v) is 14.6. The van der Waals surface area contributed by atoms with Gasteiger partial charge < -0.3 is 10.2 Å². The van der Waals surface area contributed by atoms with Crippen LogP contribution in [0.25, 0.3) is 0 Å². The molecule has 2 nitrogen and oxygen atoms in total. The van der Waals surface area contributed by atoms with Crippen LogP contribution in [0.2, 0.25) is 25.9 Å². The predicted molar refractivity (Wildman–Crippen MR) is 87.9 cm³/mol. The zero-order valence-electron chi connectivity index (χ0n) is 10.4. The van der Waals surface area contributed by atoms with Gasteiger partial charge in [0.2, 0.25) is 0 Å². The van der Waals surface area contributed by atoms with Gasteiger partial charge in [0.05, 0.1) is 20.1 Å². The third-order valence-corrected chi connectivity index (χ3v) is 3.10. The first kappa shape index (κ1) is 19.7. The molecule has 0 aliphatic rings. The summed E-state index contributed by atoms with van der Waals surface area (Å²) in [7, 11) is 0. The Hall–Kier alpha value is -0.268. The second kappa shape index (κ2) is 10.5. The predicted octanol–water partition coefficient (Wildman–Crippen LogP) is 5.60. The minimum absolute atomic E-state index is 0.0548. The topological polar surface area (TPSA) is 40.5 Å². The van der Waals surface area contributed by atoms with Crippen LogP contribution in [0.1, 0.15) is 0 Å². The third-order valence-electron chi connectivity index (χ3n) is 1.88. The van der Waals surface area contributed by atoms with E-state index in [4.69, 9.17) is 56.6 Å². The van der Waals surface area contributed by atoms with Crippen molar-refractivity contribution < 1.29 is 10.2 Å². The number of hydrogen-bond donors (Lipinski definition) is 2. The maximum atomic E-state index is 8.94. The summed E-state index contributed by atoms with van der Waals surface area (Å²) >= 11 is 24.3. The van der Waals surface area contributed by atoms with Crippen molar-refractivity contribution in [2.75, 3.05) is 0 Å². The molecule has 0 unspecified atom stereocenters. The van der Waals surface area contributed by atoms with Gasteiger partial charge in [0.25, 0.3) is 0 Å². The first-order valence-corrected chi connectivity index (χ1v) is 7.94. The van der Waals surface area contributed by atoms with Gasteiger partial charge in [-0.05, 0) is 24.3 Å². The number of phenols is 2. The first-order valence-electron chi connectivity index (χ1n) is 5.27. The van der Waals surface area contributed by atoms with Gasteiger partial charge in [-0.2, -0.15) is 0 Å². The first-order chi connectivity index (χ1) is 9.43. The maximum Gasteiger partial charge on any atom is 0.152 e. The van der Waals surface area contributed by atoms with E-state index in [1.54, 1.807) is 36.4 Å². The summed E-state index contributed by atoms with van der Waals surface area (Å²) < 4.78 is 0. The molecule has 0 aromatic heterocycles.